The molecule has 1 aromatic carbocycles. The maximum absolute atomic E-state index is 12.9. The van der Waals surface area contributed by atoms with E-state index in [9.17, 15) is 13.2 Å². The predicted octanol–water partition coefficient (Wildman–Crippen LogP) is 3.86. The standard InChI is InChI=1S/C21H24N4O3S3/c1-14-7-9-16(10-8-14)31(27,28)25-18(11-13-29-3)20(26)24-21-23-15(2)19(30-21)17-6-4-5-12-22-17/h4-10,12,18,25H,11,13H2,1-3H3,(H,23,24,26)/t18-/m0/s1. The molecule has 164 valence electrons. The van der Waals surface area contributed by atoms with Crippen molar-refractivity contribution in [3.63, 3.8) is 0 Å². The maximum atomic E-state index is 12.9. The Hall–Kier alpha value is -2.27. The minimum Gasteiger partial charge on any atom is -0.301 e. The van der Waals surface area contributed by atoms with Crippen molar-refractivity contribution in [2.75, 3.05) is 17.3 Å². The van der Waals surface area contributed by atoms with Crippen LogP contribution in [0.2, 0.25) is 0 Å². The second kappa shape index (κ2) is 10.4. The third-order valence-corrected chi connectivity index (χ3v) is 7.71. The third kappa shape index (κ3) is 6.13. The molecule has 2 heterocycles. The molecule has 31 heavy (non-hydrogen) atoms. The van der Waals surface area contributed by atoms with Gasteiger partial charge in [0.15, 0.2) is 5.13 Å². The highest BCUT2D eigenvalue weighted by Gasteiger charge is 2.26. The number of sulfonamides is 1. The molecule has 0 aliphatic heterocycles. The average Bonchev–Trinajstić information content (AvgIpc) is 3.11. The fourth-order valence-corrected chi connectivity index (χ4v) is 5.48. The van der Waals surface area contributed by atoms with Crippen molar-refractivity contribution in [3.05, 3.63) is 59.9 Å². The van der Waals surface area contributed by atoms with Crippen LogP contribution in [0.3, 0.4) is 0 Å². The lowest BCUT2D eigenvalue weighted by molar-refractivity contribution is -0.117. The van der Waals surface area contributed by atoms with Crippen molar-refractivity contribution >= 4 is 44.2 Å². The molecular weight excluding hydrogens is 452 g/mol. The Morgan fingerprint density at radius 1 is 1.16 bits per heavy atom. The number of benzene rings is 1. The molecule has 0 spiro atoms. The monoisotopic (exact) mass is 476 g/mol. The van der Waals surface area contributed by atoms with Gasteiger partial charge in [-0.15, -0.1) is 0 Å². The zero-order chi connectivity index (χ0) is 22.4. The van der Waals surface area contributed by atoms with Crippen molar-refractivity contribution in [2.45, 2.75) is 31.2 Å². The van der Waals surface area contributed by atoms with Gasteiger partial charge in [-0.05, 0) is 56.5 Å². The zero-order valence-electron chi connectivity index (χ0n) is 17.5. The SMILES string of the molecule is CSCC[C@H](NS(=O)(=O)c1ccc(C)cc1)C(=O)Nc1nc(C)c(-c2ccccn2)s1. The van der Waals surface area contributed by atoms with Gasteiger partial charge in [-0.2, -0.15) is 16.5 Å². The normalized spacial score (nSPS) is 12.5. The Morgan fingerprint density at radius 3 is 2.55 bits per heavy atom. The molecule has 7 nitrogen and oxygen atoms in total. The number of aromatic nitrogens is 2. The van der Waals surface area contributed by atoms with Crippen LogP contribution in [0.15, 0.2) is 53.6 Å². The van der Waals surface area contributed by atoms with E-state index in [1.165, 1.54) is 23.5 Å². The lowest BCUT2D eigenvalue weighted by Crippen LogP contribution is -2.44. The van der Waals surface area contributed by atoms with Crippen molar-refractivity contribution in [3.8, 4) is 10.6 Å². The van der Waals surface area contributed by atoms with E-state index >= 15 is 0 Å². The summed E-state index contributed by atoms with van der Waals surface area (Å²) < 4.78 is 28.1. The van der Waals surface area contributed by atoms with Crippen LogP contribution >= 0.6 is 23.1 Å². The molecule has 3 aromatic rings. The molecule has 0 fully saturated rings. The van der Waals surface area contributed by atoms with Gasteiger partial charge in [0.2, 0.25) is 15.9 Å². The van der Waals surface area contributed by atoms with E-state index in [0.29, 0.717) is 17.3 Å². The highest BCUT2D eigenvalue weighted by molar-refractivity contribution is 7.98. The summed E-state index contributed by atoms with van der Waals surface area (Å²) in [6.07, 6.45) is 3.97. The Labute approximate surface area is 190 Å². The largest absolute Gasteiger partial charge is 0.301 e. The quantitative estimate of drug-likeness (QED) is 0.486. The van der Waals surface area contributed by atoms with E-state index in [1.54, 1.807) is 30.1 Å². The number of thioether (sulfide) groups is 1. The fourth-order valence-electron chi connectivity index (χ4n) is 2.83. The first-order valence-corrected chi connectivity index (χ1v) is 13.3. The molecule has 0 saturated heterocycles. The van der Waals surface area contributed by atoms with Crippen LogP contribution in [0.25, 0.3) is 10.6 Å². The topological polar surface area (TPSA) is 101 Å². The van der Waals surface area contributed by atoms with Gasteiger partial charge >= 0.3 is 0 Å². The molecule has 2 N–H and O–H groups in total. The number of amides is 1. The molecule has 0 aliphatic carbocycles. The summed E-state index contributed by atoms with van der Waals surface area (Å²) in [5.74, 6) is 0.191. The number of hydrogen-bond acceptors (Lipinski definition) is 7. The van der Waals surface area contributed by atoms with Crippen LogP contribution in [0, 0.1) is 13.8 Å². The highest BCUT2D eigenvalue weighted by Crippen LogP contribution is 2.31. The summed E-state index contributed by atoms with van der Waals surface area (Å²) >= 11 is 2.86. The van der Waals surface area contributed by atoms with Crippen molar-refractivity contribution in [1.29, 1.82) is 0 Å². The number of rotatable bonds is 9. The number of nitrogens with one attached hydrogen (secondary N) is 2. The molecule has 1 amide bonds. The second-order valence-corrected chi connectivity index (χ2v) is 10.6. The number of aryl methyl sites for hydroxylation is 2. The highest BCUT2D eigenvalue weighted by atomic mass is 32.2. The predicted molar refractivity (Wildman–Crippen MR) is 127 cm³/mol. The summed E-state index contributed by atoms with van der Waals surface area (Å²) in [6, 6.07) is 11.2. The van der Waals surface area contributed by atoms with E-state index in [2.05, 4.69) is 20.0 Å². The first-order valence-electron chi connectivity index (χ1n) is 9.58. The first-order chi connectivity index (χ1) is 14.8. The van der Waals surface area contributed by atoms with Crippen LogP contribution in [0.4, 0.5) is 5.13 Å². The summed E-state index contributed by atoms with van der Waals surface area (Å²) in [5, 5.41) is 3.18. The van der Waals surface area contributed by atoms with Gasteiger partial charge in [-0.25, -0.2) is 13.4 Å². The average molecular weight is 477 g/mol. The summed E-state index contributed by atoms with van der Waals surface area (Å²) in [4.78, 5) is 22.7. The van der Waals surface area contributed by atoms with Crippen molar-refractivity contribution in [2.24, 2.45) is 0 Å². The van der Waals surface area contributed by atoms with Crippen LogP contribution < -0.4 is 10.0 Å². The molecule has 2 aromatic heterocycles. The van der Waals surface area contributed by atoms with Gasteiger partial charge in [-0.3, -0.25) is 9.78 Å². The summed E-state index contributed by atoms with van der Waals surface area (Å²) in [6.45, 7) is 3.73. The second-order valence-electron chi connectivity index (χ2n) is 6.91. The Morgan fingerprint density at radius 2 is 1.90 bits per heavy atom. The minimum atomic E-state index is -3.84. The van der Waals surface area contributed by atoms with E-state index in [-0.39, 0.29) is 4.90 Å². The van der Waals surface area contributed by atoms with Crippen molar-refractivity contribution < 1.29 is 13.2 Å². The zero-order valence-corrected chi connectivity index (χ0v) is 19.9. The number of thiazole rings is 1. The lowest BCUT2D eigenvalue weighted by atomic mass is 10.2. The molecule has 0 radical (unpaired) electrons. The molecule has 1 atom stereocenters. The van der Waals surface area contributed by atoms with Crippen LogP contribution in [0.5, 0.6) is 0 Å². The number of anilines is 1. The van der Waals surface area contributed by atoms with Crippen LogP contribution in [-0.2, 0) is 14.8 Å². The van der Waals surface area contributed by atoms with Crippen molar-refractivity contribution in [1.82, 2.24) is 14.7 Å². The molecule has 0 saturated carbocycles. The molecule has 10 heteroatoms. The Balaban J connectivity index is 1.78. The fraction of sp³-hybridized carbons (Fsp3) is 0.286. The molecule has 3 rings (SSSR count). The maximum Gasteiger partial charge on any atom is 0.244 e. The van der Waals surface area contributed by atoms with Gasteiger partial charge < -0.3 is 5.32 Å². The molecular formula is C21H24N4O3S3. The van der Waals surface area contributed by atoms with E-state index in [1.807, 2.05) is 38.3 Å². The molecule has 0 bridgehead atoms. The van der Waals surface area contributed by atoms with Gasteiger partial charge in [-0.1, -0.05) is 35.1 Å². The third-order valence-electron chi connectivity index (χ3n) is 4.48. The van der Waals surface area contributed by atoms with Gasteiger partial charge in [0, 0.05) is 6.20 Å². The van der Waals surface area contributed by atoms with E-state index < -0.39 is 22.0 Å². The Bertz CT molecular complexity index is 1130. The molecule has 0 aliphatic rings. The van der Waals surface area contributed by atoms with Gasteiger partial charge in [0.25, 0.3) is 0 Å². The van der Waals surface area contributed by atoms with Gasteiger partial charge in [0.05, 0.1) is 21.2 Å². The lowest BCUT2D eigenvalue weighted by Gasteiger charge is -2.17. The summed E-state index contributed by atoms with van der Waals surface area (Å²) in [5.41, 5.74) is 2.48. The number of pyridine rings is 1. The number of hydrogen-bond donors (Lipinski definition) is 2. The van der Waals surface area contributed by atoms with Crippen LogP contribution in [-0.4, -0.2) is 42.3 Å². The number of carbonyl (C=O) groups is 1. The smallest absolute Gasteiger partial charge is 0.244 e. The van der Waals surface area contributed by atoms with Gasteiger partial charge in [0.1, 0.15) is 6.04 Å². The Kier molecular flexibility index (Phi) is 7.82. The number of nitrogens with zero attached hydrogens (tertiary/aromatic N) is 2. The molecule has 0 unspecified atom stereocenters. The number of carbonyl (C=O) groups excluding carboxylic acids is 1. The summed E-state index contributed by atoms with van der Waals surface area (Å²) in [7, 11) is -3.84. The van der Waals surface area contributed by atoms with E-state index in [0.717, 1.165) is 21.8 Å². The van der Waals surface area contributed by atoms with Crippen LogP contribution in [0.1, 0.15) is 17.7 Å². The first kappa shape index (κ1) is 23.4. The van der Waals surface area contributed by atoms with E-state index in [4.69, 9.17) is 0 Å². The minimum absolute atomic E-state index is 0.127.